The molecule has 0 fully saturated rings. The first-order chi connectivity index (χ1) is 11.5. The minimum atomic E-state index is -4.49. The van der Waals surface area contributed by atoms with E-state index in [1.807, 2.05) is 0 Å². The lowest BCUT2D eigenvalue weighted by Crippen LogP contribution is -2.23. The summed E-state index contributed by atoms with van der Waals surface area (Å²) in [4.78, 5) is 11.7. The van der Waals surface area contributed by atoms with Gasteiger partial charge in [0.25, 0.3) is 5.91 Å². The molecule has 10 heteroatoms. The van der Waals surface area contributed by atoms with Gasteiger partial charge in [-0.25, -0.2) is 13.6 Å². The highest BCUT2D eigenvalue weighted by atomic mass is 35.5. The molecule has 0 saturated heterocycles. The Balaban J connectivity index is 2.16. The van der Waals surface area contributed by atoms with Gasteiger partial charge in [0.2, 0.25) is 10.0 Å². The number of primary sulfonamides is 1. The molecular formula is C15H12ClF3N2O3S. The summed E-state index contributed by atoms with van der Waals surface area (Å²) in [5, 5.41) is 7.26. The number of nitrogens with two attached hydrogens (primary N) is 1. The lowest BCUT2D eigenvalue weighted by Gasteiger charge is -2.10. The fourth-order valence-corrected chi connectivity index (χ4v) is 3.08. The molecule has 0 saturated carbocycles. The fourth-order valence-electron chi connectivity index (χ4n) is 2.00. The van der Waals surface area contributed by atoms with Gasteiger partial charge in [-0.1, -0.05) is 23.7 Å². The van der Waals surface area contributed by atoms with E-state index in [0.29, 0.717) is 0 Å². The molecule has 25 heavy (non-hydrogen) atoms. The first-order valence-corrected chi connectivity index (χ1v) is 8.67. The zero-order valence-electron chi connectivity index (χ0n) is 12.5. The van der Waals surface area contributed by atoms with Crippen LogP contribution in [-0.2, 0) is 22.7 Å². The largest absolute Gasteiger partial charge is 0.416 e. The molecule has 1 amide bonds. The molecule has 2 aromatic carbocycles. The van der Waals surface area contributed by atoms with Gasteiger partial charge in [0.1, 0.15) is 4.90 Å². The van der Waals surface area contributed by atoms with Crippen LogP contribution in [-0.4, -0.2) is 14.3 Å². The Morgan fingerprint density at radius 1 is 1.16 bits per heavy atom. The van der Waals surface area contributed by atoms with Crippen molar-refractivity contribution >= 4 is 27.5 Å². The Hall–Kier alpha value is -2.10. The number of hydrogen-bond acceptors (Lipinski definition) is 3. The number of benzene rings is 2. The van der Waals surface area contributed by atoms with E-state index in [0.717, 1.165) is 18.2 Å². The Morgan fingerprint density at radius 2 is 1.84 bits per heavy atom. The number of amides is 1. The topological polar surface area (TPSA) is 89.3 Å². The van der Waals surface area contributed by atoms with Crippen LogP contribution in [0.2, 0.25) is 5.02 Å². The lowest BCUT2D eigenvalue weighted by atomic mass is 10.1. The van der Waals surface area contributed by atoms with Crippen LogP contribution < -0.4 is 10.5 Å². The van der Waals surface area contributed by atoms with Crippen molar-refractivity contribution in [3.63, 3.8) is 0 Å². The zero-order valence-corrected chi connectivity index (χ0v) is 14.0. The van der Waals surface area contributed by atoms with Crippen LogP contribution >= 0.6 is 11.6 Å². The zero-order chi connectivity index (χ0) is 18.8. The Labute approximate surface area is 146 Å². The summed E-state index contributed by atoms with van der Waals surface area (Å²) in [5.74, 6) is -0.682. The predicted octanol–water partition coefficient (Wildman–Crippen LogP) is 2.94. The minimum Gasteiger partial charge on any atom is -0.348 e. The van der Waals surface area contributed by atoms with Gasteiger partial charge in [-0.2, -0.15) is 13.2 Å². The average Bonchev–Trinajstić information content (AvgIpc) is 2.51. The quantitative estimate of drug-likeness (QED) is 0.838. The maximum absolute atomic E-state index is 12.7. The number of carbonyl (C=O) groups excluding carboxylic acids is 1. The molecule has 0 radical (unpaired) electrons. The minimum absolute atomic E-state index is 0.0413. The van der Waals surface area contributed by atoms with E-state index >= 15 is 0 Å². The van der Waals surface area contributed by atoms with Crippen molar-refractivity contribution in [3.05, 3.63) is 64.2 Å². The summed E-state index contributed by atoms with van der Waals surface area (Å²) in [6.07, 6.45) is -4.49. The van der Waals surface area contributed by atoms with Crippen molar-refractivity contribution in [1.82, 2.24) is 5.32 Å². The van der Waals surface area contributed by atoms with Gasteiger partial charge in [-0.15, -0.1) is 0 Å². The molecule has 134 valence electrons. The number of sulfonamides is 1. The smallest absolute Gasteiger partial charge is 0.348 e. The molecule has 0 aliphatic heterocycles. The maximum atomic E-state index is 12.7. The average molecular weight is 393 g/mol. The van der Waals surface area contributed by atoms with Crippen molar-refractivity contribution < 1.29 is 26.4 Å². The molecule has 2 rings (SSSR count). The number of hydrogen-bond donors (Lipinski definition) is 2. The third-order valence-electron chi connectivity index (χ3n) is 3.21. The molecule has 0 aromatic heterocycles. The second-order valence-corrected chi connectivity index (χ2v) is 7.01. The lowest BCUT2D eigenvalue weighted by molar-refractivity contribution is -0.137. The van der Waals surface area contributed by atoms with Crippen molar-refractivity contribution in [2.75, 3.05) is 0 Å². The fraction of sp³-hybridized carbons (Fsp3) is 0.133. The van der Waals surface area contributed by atoms with Gasteiger partial charge < -0.3 is 5.32 Å². The van der Waals surface area contributed by atoms with Crippen LogP contribution in [0.15, 0.2) is 47.4 Å². The van der Waals surface area contributed by atoms with E-state index in [1.165, 1.54) is 24.3 Å². The number of rotatable bonds is 4. The van der Waals surface area contributed by atoms with Crippen LogP contribution in [0.4, 0.5) is 13.2 Å². The highest BCUT2D eigenvalue weighted by Gasteiger charge is 2.30. The number of halogens is 4. The monoisotopic (exact) mass is 392 g/mol. The van der Waals surface area contributed by atoms with Crippen molar-refractivity contribution in [2.24, 2.45) is 5.14 Å². The second kappa shape index (κ2) is 7.03. The van der Waals surface area contributed by atoms with E-state index in [1.54, 1.807) is 0 Å². The van der Waals surface area contributed by atoms with Crippen molar-refractivity contribution in [2.45, 2.75) is 17.6 Å². The maximum Gasteiger partial charge on any atom is 0.416 e. The molecule has 0 unspecified atom stereocenters. The van der Waals surface area contributed by atoms with Gasteiger partial charge >= 0.3 is 6.18 Å². The first-order valence-electron chi connectivity index (χ1n) is 6.75. The number of alkyl halides is 3. The third-order valence-corrected chi connectivity index (χ3v) is 4.60. The molecule has 3 N–H and O–H groups in total. The third kappa shape index (κ3) is 4.94. The van der Waals surface area contributed by atoms with Gasteiger partial charge in [0, 0.05) is 12.1 Å². The summed E-state index contributed by atoms with van der Waals surface area (Å²) in [6.45, 7) is -0.171. The van der Waals surface area contributed by atoms with Gasteiger partial charge in [-0.3, -0.25) is 4.79 Å². The number of nitrogens with one attached hydrogen (secondary N) is 1. The molecule has 0 atom stereocenters. The highest BCUT2D eigenvalue weighted by molar-refractivity contribution is 7.89. The SMILES string of the molecule is NS(=O)(=O)c1cc(C(=O)NCc2cccc(C(F)(F)F)c2)ccc1Cl. The van der Waals surface area contributed by atoms with Crippen molar-refractivity contribution in [3.8, 4) is 0 Å². The summed E-state index contributed by atoms with van der Waals surface area (Å²) in [7, 11) is -4.12. The summed E-state index contributed by atoms with van der Waals surface area (Å²) < 4.78 is 60.8. The Kier molecular flexibility index (Phi) is 5.40. The normalized spacial score (nSPS) is 12.0. The molecule has 0 aliphatic rings. The van der Waals surface area contributed by atoms with Gasteiger partial charge in [-0.05, 0) is 35.9 Å². The van der Waals surface area contributed by atoms with Crippen molar-refractivity contribution in [1.29, 1.82) is 0 Å². The molecule has 0 heterocycles. The highest BCUT2D eigenvalue weighted by Crippen LogP contribution is 2.29. The molecule has 5 nitrogen and oxygen atoms in total. The summed E-state index contributed by atoms with van der Waals surface area (Å²) in [6, 6.07) is 7.96. The van der Waals surface area contributed by atoms with E-state index in [-0.39, 0.29) is 22.7 Å². The molecule has 0 aliphatic carbocycles. The molecular weight excluding hydrogens is 381 g/mol. The summed E-state index contributed by atoms with van der Waals surface area (Å²) in [5.41, 5.74) is -0.633. The molecule has 0 spiro atoms. The molecule has 2 aromatic rings. The standard InChI is InChI=1S/C15H12ClF3N2O3S/c16-12-5-4-10(7-13(12)25(20,23)24)14(22)21-8-9-2-1-3-11(6-9)15(17,18)19/h1-7H,8H2,(H,21,22)(H2,20,23,24). The number of carbonyl (C=O) groups is 1. The van der Waals surface area contributed by atoms with Crippen LogP contribution in [0.25, 0.3) is 0 Å². The van der Waals surface area contributed by atoms with Gasteiger partial charge in [0.15, 0.2) is 0 Å². The summed E-state index contributed by atoms with van der Waals surface area (Å²) >= 11 is 5.72. The second-order valence-electron chi connectivity index (χ2n) is 5.07. The van der Waals surface area contributed by atoms with Gasteiger partial charge in [0.05, 0.1) is 10.6 Å². The van der Waals surface area contributed by atoms with E-state index in [4.69, 9.17) is 16.7 Å². The Morgan fingerprint density at radius 3 is 2.44 bits per heavy atom. The van der Waals surface area contributed by atoms with E-state index in [2.05, 4.69) is 5.32 Å². The Bertz CT molecular complexity index is 914. The van der Waals surface area contributed by atoms with Crippen LogP contribution in [0.5, 0.6) is 0 Å². The van der Waals surface area contributed by atoms with E-state index < -0.39 is 32.6 Å². The molecule has 0 bridgehead atoms. The van der Waals surface area contributed by atoms with Crippen LogP contribution in [0.3, 0.4) is 0 Å². The van der Waals surface area contributed by atoms with Crippen LogP contribution in [0, 0.1) is 0 Å². The van der Waals surface area contributed by atoms with E-state index in [9.17, 15) is 26.4 Å². The first kappa shape index (κ1) is 19.2. The van der Waals surface area contributed by atoms with Crippen LogP contribution in [0.1, 0.15) is 21.5 Å². The predicted molar refractivity (Wildman–Crippen MR) is 85.4 cm³/mol.